The first-order valence-electron chi connectivity index (χ1n) is 13.7. The lowest BCUT2D eigenvalue weighted by Gasteiger charge is -2.34. The van der Waals surface area contributed by atoms with Crippen LogP contribution in [0.4, 0.5) is 9.52 Å². The van der Waals surface area contributed by atoms with Crippen LogP contribution in [0.15, 0.2) is 57.6 Å². The van der Waals surface area contributed by atoms with E-state index in [1.165, 1.54) is 47.2 Å². The van der Waals surface area contributed by atoms with Crippen molar-refractivity contribution in [3.63, 3.8) is 0 Å². The number of benzene rings is 1. The van der Waals surface area contributed by atoms with Crippen LogP contribution in [0.2, 0.25) is 0 Å². The first kappa shape index (κ1) is 33.9. The fourth-order valence-corrected chi connectivity index (χ4v) is 10.0. The van der Waals surface area contributed by atoms with Gasteiger partial charge in [0.15, 0.2) is 27.8 Å². The molecule has 0 saturated carbocycles. The summed E-state index contributed by atoms with van der Waals surface area (Å²) in [6.07, 6.45) is 7.48. The van der Waals surface area contributed by atoms with Gasteiger partial charge in [-0.05, 0) is 53.6 Å². The lowest BCUT2D eigenvalue weighted by atomic mass is 10.1. The van der Waals surface area contributed by atoms with Crippen LogP contribution in [0, 0.1) is 8.83 Å². The third-order valence-corrected chi connectivity index (χ3v) is 14.3. The molecule has 1 fully saturated rings. The van der Waals surface area contributed by atoms with Gasteiger partial charge < -0.3 is 9.47 Å². The Bertz CT molecular complexity index is 1700. The third kappa shape index (κ3) is 9.03. The number of nitrogens with zero attached hydrogens (tertiary/aromatic N) is 6. The smallest absolute Gasteiger partial charge is 0.189 e. The van der Waals surface area contributed by atoms with Crippen molar-refractivity contribution in [1.29, 1.82) is 0 Å². The quantitative estimate of drug-likeness (QED) is 0.207. The summed E-state index contributed by atoms with van der Waals surface area (Å²) in [6, 6.07) is 6.88. The average molecular weight is 781 g/mol. The minimum absolute atomic E-state index is 0.0929. The van der Waals surface area contributed by atoms with E-state index in [-0.39, 0.29) is 23.4 Å². The highest BCUT2D eigenvalue weighted by atomic mass is 127. The number of halogens is 2. The summed E-state index contributed by atoms with van der Waals surface area (Å²) in [4.78, 5) is 17.1. The summed E-state index contributed by atoms with van der Waals surface area (Å²) in [6.45, 7) is 9.57. The van der Waals surface area contributed by atoms with E-state index in [1.807, 2.05) is 47.2 Å². The van der Waals surface area contributed by atoms with Crippen molar-refractivity contribution in [3.05, 3.63) is 69.3 Å². The van der Waals surface area contributed by atoms with Crippen LogP contribution in [-0.2, 0) is 32.6 Å². The van der Waals surface area contributed by atoms with E-state index in [0.717, 1.165) is 58.5 Å². The maximum atomic E-state index is 13.2. The molecule has 1 aliphatic rings. The van der Waals surface area contributed by atoms with Gasteiger partial charge in [-0.3, -0.25) is 4.90 Å². The highest BCUT2D eigenvalue weighted by Crippen LogP contribution is 2.28. The Morgan fingerprint density at radius 2 is 1.51 bits per heavy atom. The zero-order valence-corrected chi connectivity index (χ0v) is 29.5. The Hall–Kier alpha value is -1.99. The lowest BCUT2D eigenvalue weighted by Crippen LogP contribution is -2.46. The third-order valence-electron chi connectivity index (χ3n) is 7.00. The molecule has 1 atom stereocenters. The average Bonchev–Trinajstić information content (AvgIpc) is 3.77. The van der Waals surface area contributed by atoms with E-state index < -0.39 is 19.7 Å². The largest absolute Gasteiger partial charge is 0.345 e. The lowest BCUT2D eigenvalue weighted by molar-refractivity contribution is 0.242. The Balaban J connectivity index is 0.000000324. The van der Waals surface area contributed by atoms with Gasteiger partial charge in [0.25, 0.3) is 0 Å². The van der Waals surface area contributed by atoms with Gasteiger partial charge in [-0.1, -0.05) is 48.7 Å². The monoisotopic (exact) mass is 780 g/mol. The van der Waals surface area contributed by atoms with Crippen LogP contribution in [-0.4, -0.2) is 78.9 Å². The zero-order chi connectivity index (χ0) is 31.2. The van der Waals surface area contributed by atoms with Crippen LogP contribution in [0.1, 0.15) is 38.1 Å². The Morgan fingerprint density at radius 1 is 0.907 bits per heavy atom. The number of hydrogen-bond acceptors (Lipinski definition) is 11. The van der Waals surface area contributed by atoms with E-state index in [2.05, 4.69) is 36.2 Å². The molecule has 4 aromatic rings. The van der Waals surface area contributed by atoms with Crippen LogP contribution in [0.3, 0.4) is 0 Å². The van der Waals surface area contributed by atoms with Gasteiger partial charge in [0.1, 0.15) is 14.2 Å². The first-order chi connectivity index (χ1) is 20.4. The molecule has 0 spiro atoms. The molecule has 0 unspecified atom stereocenters. The molecular formula is C27H34FIN6O4S4. The second-order valence-electron chi connectivity index (χ2n) is 9.94. The summed E-state index contributed by atoms with van der Waals surface area (Å²) in [7, 11) is -6.23. The van der Waals surface area contributed by atoms with Crippen molar-refractivity contribution in [1.82, 2.24) is 24.4 Å². The number of rotatable bonds is 10. The number of thiazole rings is 2. The maximum Gasteiger partial charge on any atom is 0.189 e. The van der Waals surface area contributed by atoms with Crippen molar-refractivity contribution in [2.75, 3.05) is 42.6 Å². The van der Waals surface area contributed by atoms with E-state index >= 15 is 0 Å². The summed E-state index contributed by atoms with van der Waals surface area (Å²) in [5.41, 5.74) is 2.25. The topological polar surface area (TPSA) is 118 Å². The van der Waals surface area contributed by atoms with Crippen molar-refractivity contribution in [2.45, 2.75) is 48.2 Å². The number of imidazole rings is 1. The van der Waals surface area contributed by atoms with E-state index in [9.17, 15) is 21.2 Å². The van der Waals surface area contributed by atoms with E-state index in [4.69, 9.17) is 0 Å². The minimum Gasteiger partial charge on any atom is -0.345 e. The SMILES string of the molecule is CCS(=O)(=O)c1cnc(I)s1.CCS(=O)(=O)c1cnc(N2CCN(Cc3cncn3[C@H](C)Cc3ccc(F)cc3)CC2)s1. The Morgan fingerprint density at radius 3 is 2.09 bits per heavy atom. The molecule has 10 nitrogen and oxygen atoms in total. The standard InChI is InChI=1S/C22H28FN5O2S2.C5H6INO2S2/c1-3-32(29,30)21-14-25-22(31-21)27-10-8-26(9-11-27)15-20-13-24-16-28(20)17(2)12-18-4-6-19(23)7-5-18;1-2-11(8,9)4-3-7-5(6)10-4/h4-7,13-14,16-17H,3,8-12,15H2,1-2H3;3H,2H2,1H3/t17-;/m1./s1. The predicted molar refractivity (Wildman–Crippen MR) is 177 cm³/mol. The van der Waals surface area contributed by atoms with Gasteiger partial charge in [-0.25, -0.2) is 36.2 Å². The fraction of sp³-hybridized carbons (Fsp3) is 0.444. The van der Waals surface area contributed by atoms with E-state index in [1.54, 1.807) is 13.8 Å². The number of piperazine rings is 1. The first-order valence-corrected chi connectivity index (χ1v) is 19.7. The van der Waals surface area contributed by atoms with E-state index in [0.29, 0.717) is 8.42 Å². The molecule has 4 heterocycles. The van der Waals surface area contributed by atoms with Crippen LogP contribution >= 0.6 is 45.3 Å². The van der Waals surface area contributed by atoms with Crippen LogP contribution in [0.25, 0.3) is 0 Å². The molecule has 1 saturated heterocycles. The van der Waals surface area contributed by atoms with Crippen molar-refractivity contribution < 1.29 is 21.2 Å². The second-order valence-corrected chi connectivity index (χ2v) is 18.7. The summed E-state index contributed by atoms with van der Waals surface area (Å²) in [5.74, 6) is 0.0193. The molecule has 0 radical (unpaired) electrons. The summed E-state index contributed by atoms with van der Waals surface area (Å²) < 4.78 is 63.3. The molecule has 16 heteroatoms. The second kappa shape index (κ2) is 14.9. The number of anilines is 1. The highest BCUT2D eigenvalue weighted by Gasteiger charge is 2.23. The maximum absolute atomic E-state index is 13.2. The van der Waals surface area contributed by atoms with Gasteiger partial charge in [0, 0.05) is 45.0 Å². The predicted octanol–water partition coefficient (Wildman–Crippen LogP) is 4.94. The molecule has 1 aromatic carbocycles. The summed E-state index contributed by atoms with van der Waals surface area (Å²) >= 11 is 4.46. The van der Waals surface area contributed by atoms with Crippen molar-refractivity contribution in [3.8, 4) is 0 Å². The highest BCUT2D eigenvalue weighted by molar-refractivity contribution is 14.1. The van der Waals surface area contributed by atoms with Gasteiger partial charge in [0.05, 0.1) is 35.9 Å². The molecule has 1 aliphatic heterocycles. The van der Waals surface area contributed by atoms with Gasteiger partial charge in [-0.15, -0.1) is 0 Å². The molecule has 43 heavy (non-hydrogen) atoms. The van der Waals surface area contributed by atoms with Crippen LogP contribution in [0.5, 0.6) is 0 Å². The Kier molecular flexibility index (Phi) is 11.7. The zero-order valence-electron chi connectivity index (χ0n) is 24.1. The molecule has 234 valence electrons. The number of aromatic nitrogens is 4. The summed E-state index contributed by atoms with van der Waals surface area (Å²) in [5, 5.41) is 0.773. The van der Waals surface area contributed by atoms with Crippen molar-refractivity contribution >= 4 is 70.1 Å². The molecule has 0 N–H and O–H groups in total. The molecule has 3 aromatic heterocycles. The molecule has 5 rings (SSSR count). The number of sulfone groups is 2. The molecular weight excluding hydrogens is 747 g/mol. The normalized spacial score (nSPS) is 15.2. The minimum atomic E-state index is -3.21. The molecule has 0 aliphatic carbocycles. The Labute approximate surface area is 274 Å². The van der Waals surface area contributed by atoms with Crippen molar-refractivity contribution in [2.24, 2.45) is 0 Å². The van der Waals surface area contributed by atoms with Crippen LogP contribution < -0.4 is 4.90 Å². The number of hydrogen-bond donors (Lipinski definition) is 0. The molecule has 0 bridgehead atoms. The molecule has 0 amide bonds. The van der Waals surface area contributed by atoms with Gasteiger partial charge in [-0.2, -0.15) is 0 Å². The van der Waals surface area contributed by atoms with Gasteiger partial charge >= 0.3 is 0 Å². The fourth-order valence-electron chi connectivity index (χ4n) is 4.45. The van der Waals surface area contributed by atoms with Gasteiger partial charge in [0.2, 0.25) is 0 Å².